The molecule has 0 aromatic carbocycles. The van der Waals surface area contributed by atoms with Gasteiger partial charge in [-0.2, -0.15) is 0 Å². The number of aliphatic hydroxyl groups is 1. The lowest BCUT2D eigenvalue weighted by molar-refractivity contribution is 0.117. The standard InChI is InChI=1S/C15H30N2O/c1-13-5-8-16(9-6-13)10-11-17-7-3-4-15(17)12-14(2)18/h13-15,18H,3-12H2,1-2H3. The first-order chi connectivity index (χ1) is 8.65. The topological polar surface area (TPSA) is 26.7 Å². The molecule has 0 radical (unpaired) electrons. The molecule has 0 saturated carbocycles. The van der Waals surface area contributed by atoms with Crippen LogP contribution >= 0.6 is 0 Å². The lowest BCUT2D eigenvalue weighted by Gasteiger charge is -2.33. The van der Waals surface area contributed by atoms with E-state index < -0.39 is 0 Å². The van der Waals surface area contributed by atoms with Crippen LogP contribution in [-0.2, 0) is 0 Å². The van der Waals surface area contributed by atoms with Crippen LogP contribution in [0.2, 0.25) is 0 Å². The Labute approximate surface area is 112 Å². The number of hydrogen-bond acceptors (Lipinski definition) is 3. The SMILES string of the molecule is CC(O)CC1CCCN1CCN1CCC(C)CC1. The van der Waals surface area contributed by atoms with Crippen molar-refractivity contribution < 1.29 is 5.11 Å². The Morgan fingerprint density at radius 1 is 1.11 bits per heavy atom. The molecule has 2 aliphatic rings. The molecule has 0 amide bonds. The van der Waals surface area contributed by atoms with Gasteiger partial charge in [0, 0.05) is 19.1 Å². The number of likely N-dealkylation sites (tertiary alicyclic amines) is 2. The van der Waals surface area contributed by atoms with Gasteiger partial charge in [0.25, 0.3) is 0 Å². The van der Waals surface area contributed by atoms with Gasteiger partial charge in [0.2, 0.25) is 0 Å². The molecule has 0 aromatic rings. The third kappa shape index (κ3) is 4.22. The van der Waals surface area contributed by atoms with Crippen LogP contribution in [0.15, 0.2) is 0 Å². The summed E-state index contributed by atoms with van der Waals surface area (Å²) in [5.74, 6) is 0.927. The maximum atomic E-state index is 9.54. The van der Waals surface area contributed by atoms with E-state index in [4.69, 9.17) is 0 Å². The Kier molecular flexibility index (Phi) is 5.46. The zero-order chi connectivity index (χ0) is 13.0. The van der Waals surface area contributed by atoms with Crippen molar-refractivity contribution in [3.05, 3.63) is 0 Å². The molecule has 0 aromatic heterocycles. The minimum atomic E-state index is -0.147. The maximum absolute atomic E-state index is 9.54. The zero-order valence-corrected chi connectivity index (χ0v) is 12.1. The predicted octanol–water partition coefficient (Wildman–Crippen LogP) is 1.95. The molecule has 0 spiro atoms. The van der Waals surface area contributed by atoms with E-state index in [0.29, 0.717) is 6.04 Å². The third-order valence-electron chi connectivity index (χ3n) is 4.69. The molecular weight excluding hydrogens is 224 g/mol. The summed E-state index contributed by atoms with van der Waals surface area (Å²) in [7, 11) is 0. The minimum Gasteiger partial charge on any atom is -0.393 e. The molecule has 3 nitrogen and oxygen atoms in total. The molecule has 2 heterocycles. The van der Waals surface area contributed by atoms with Gasteiger partial charge < -0.3 is 10.0 Å². The van der Waals surface area contributed by atoms with Gasteiger partial charge in [-0.15, -0.1) is 0 Å². The first kappa shape index (κ1) is 14.3. The van der Waals surface area contributed by atoms with E-state index in [2.05, 4.69) is 16.7 Å². The van der Waals surface area contributed by atoms with Gasteiger partial charge in [0.15, 0.2) is 0 Å². The normalized spacial score (nSPS) is 29.8. The average molecular weight is 254 g/mol. The van der Waals surface area contributed by atoms with Crippen molar-refractivity contribution in [2.24, 2.45) is 5.92 Å². The molecule has 106 valence electrons. The molecule has 2 fully saturated rings. The van der Waals surface area contributed by atoms with E-state index in [-0.39, 0.29) is 6.10 Å². The molecule has 2 unspecified atom stereocenters. The summed E-state index contributed by atoms with van der Waals surface area (Å²) >= 11 is 0. The van der Waals surface area contributed by atoms with Crippen molar-refractivity contribution in [3.8, 4) is 0 Å². The van der Waals surface area contributed by atoms with Gasteiger partial charge in [-0.1, -0.05) is 6.92 Å². The van der Waals surface area contributed by atoms with Crippen LogP contribution in [0, 0.1) is 5.92 Å². The van der Waals surface area contributed by atoms with E-state index in [9.17, 15) is 5.11 Å². The lowest BCUT2D eigenvalue weighted by atomic mass is 9.99. The second kappa shape index (κ2) is 6.88. The monoisotopic (exact) mass is 254 g/mol. The smallest absolute Gasteiger partial charge is 0.0527 e. The second-order valence-corrected chi connectivity index (χ2v) is 6.44. The summed E-state index contributed by atoms with van der Waals surface area (Å²) in [5, 5.41) is 9.54. The van der Waals surface area contributed by atoms with Crippen LogP contribution in [0.25, 0.3) is 0 Å². The van der Waals surface area contributed by atoms with E-state index >= 15 is 0 Å². The second-order valence-electron chi connectivity index (χ2n) is 6.44. The highest BCUT2D eigenvalue weighted by atomic mass is 16.3. The van der Waals surface area contributed by atoms with Crippen molar-refractivity contribution in [2.75, 3.05) is 32.7 Å². The summed E-state index contributed by atoms with van der Waals surface area (Å²) < 4.78 is 0. The highest BCUT2D eigenvalue weighted by Gasteiger charge is 2.26. The lowest BCUT2D eigenvalue weighted by Crippen LogP contribution is -2.41. The van der Waals surface area contributed by atoms with Crippen LogP contribution in [0.3, 0.4) is 0 Å². The molecule has 2 saturated heterocycles. The molecule has 0 bridgehead atoms. The summed E-state index contributed by atoms with van der Waals surface area (Å²) in [6.07, 6.45) is 6.15. The first-order valence-corrected chi connectivity index (χ1v) is 7.79. The van der Waals surface area contributed by atoms with E-state index in [1.165, 1.54) is 58.4 Å². The number of hydrogen-bond donors (Lipinski definition) is 1. The van der Waals surface area contributed by atoms with Gasteiger partial charge in [-0.25, -0.2) is 0 Å². The Morgan fingerprint density at radius 2 is 1.83 bits per heavy atom. The zero-order valence-electron chi connectivity index (χ0n) is 12.1. The predicted molar refractivity (Wildman–Crippen MR) is 75.7 cm³/mol. The van der Waals surface area contributed by atoms with Gasteiger partial charge in [-0.3, -0.25) is 4.90 Å². The van der Waals surface area contributed by atoms with Crippen molar-refractivity contribution in [1.29, 1.82) is 0 Å². The van der Waals surface area contributed by atoms with Crippen molar-refractivity contribution in [2.45, 2.75) is 58.1 Å². The van der Waals surface area contributed by atoms with Gasteiger partial charge in [-0.05, 0) is 64.6 Å². The van der Waals surface area contributed by atoms with Crippen LogP contribution in [0.1, 0.15) is 46.0 Å². The molecule has 3 heteroatoms. The summed E-state index contributed by atoms with van der Waals surface area (Å²) in [6.45, 7) is 10.5. The van der Waals surface area contributed by atoms with Gasteiger partial charge in [0.05, 0.1) is 6.10 Å². The number of nitrogens with zero attached hydrogens (tertiary/aromatic N) is 2. The third-order valence-corrected chi connectivity index (χ3v) is 4.69. The highest BCUT2D eigenvalue weighted by molar-refractivity contribution is 4.81. The van der Waals surface area contributed by atoms with Crippen molar-refractivity contribution >= 4 is 0 Å². The fraction of sp³-hybridized carbons (Fsp3) is 1.00. The van der Waals surface area contributed by atoms with Gasteiger partial charge >= 0.3 is 0 Å². The van der Waals surface area contributed by atoms with Crippen LogP contribution in [0.4, 0.5) is 0 Å². The van der Waals surface area contributed by atoms with E-state index in [1.54, 1.807) is 0 Å². The van der Waals surface area contributed by atoms with Gasteiger partial charge in [0.1, 0.15) is 0 Å². The summed E-state index contributed by atoms with van der Waals surface area (Å²) in [6, 6.07) is 0.633. The summed E-state index contributed by atoms with van der Waals surface area (Å²) in [5.41, 5.74) is 0. The fourth-order valence-corrected chi connectivity index (χ4v) is 3.41. The fourth-order valence-electron chi connectivity index (χ4n) is 3.41. The van der Waals surface area contributed by atoms with Crippen LogP contribution in [0.5, 0.6) is 0 Å². The highest BCUT2D eigenvalue weighted by Crippen LogP contribution is 2.22. The Morgan fingerprint density at radius 3 is 2.50 bits per heavy atom. The number of aliphatic hydroxyl groups excluding tert-OH is 1. The molecule has 0 aliphatic carbocycles. The molecule has 18 heavy (non-hydrogen) atoms. The maximum Gasteiger partial charge on any atom is 0.0527 e. The quantitative estimate of drug-likeness (QED) is 0.812. The van der Waals surface area contributed by atoms with E-state index in [1.807, 2.05) is 6.92 Å². The molecule has 2 rings (SSSR count). The van der Waals surface area contributed by atoms with E-state index in [0.717, 1.165) is 12.3 Å². The van der Waals surface area contributed by atoms with Crippen LogP contribution < -0.4 is 0 Å². The average Bonchev–Trinajstić information content (AvgIpc) is 2.75. The number of rotatable bonds is 5. The largest absolute Gasteiger partial charge is 0.393 e. The molecular formula is C15H30N2O. The first-order valence-electron chi connectivity index (χ1n) is 7.79. The van der Waals surface area contributed by atoms with Crippen molar-refractivity contribution in [3.63, 3.8) is 0 Å². The molecule has 2 aliphatic heterocycles. The Balaban J connectivity index is 1.69. The van der Waals surface area contributed by atoms with Crippen molar-refractivity contribution in [1.82, 2.24) is 9.80 Å². The number of piperidine rings is 1. The Hall–Kier alpha value is -0.120. The minimum absolute atomic E-state index is 0.147. The van der Waals surface area contributed by atoms with Crippen LogP contribution in [-0.4, -0.2) is 59.8 Å². The molecule has 1 N–H and O–H groups in total. The summed E-state index contributed by atoms with van der Waals surface area (Å²) in [4.78, 5) is 5.22. The Bertz CT molecular complexity index is 237. The molecule has 2 atom stereocenters.